The topological polar surface area (TPSA) is 21.3 Å². The second-order valence-electron chi connectivity index (χ2n) is 6.42. The highest BCUT2D eigenvalue weighted by atomic mass is 16.5. The third-order valence-electron chi connectivity index (χ3n) is 3.72. The lowest BCUT2D eigenvalue weighted by Crippen LogP contribution is -2.36. The molecule has 2 atom stereocenters. The highest BCUT2D eigenvalue weighted by Gasteiger charge is 2.22. The number of rotatable bonds is 2. The SMILES string of the molecule is C[C@@H]1COCCC1Nc1cccc(C(C)(C)C)c1. The maximum atomic E-state index is 5.49. The number of hydrogen-bond acceptors (Lipinski definition) is 2. The van der Waals surface area contributed by atoms with E-state index < -0.39 is 0 Å². The van der Waals surface area contributed by atoms with Gasteiger partial charge in [-0.1, -0.05) is 39.8 Å². The standard InChI is InChI=1S/C16H25NO/c1-12-11-18-9-8-15(12)17-14-7-5-6-13(10-14)16(2,3)4/h5-7,10,12,15,17H,8-9,11H2,1-4H3/t12-,15?/m1/s1. The Labute approximate surface area is 111 Å². The first-order chi connectivity index (χ1) is 8.47. The molecule has 0 bridgehead atoms. The van der Waals surface area contributed by atoms with E-state index in [1.807, 2.05) is 0 Å². The molecular formula is C16H25NO. The molecule has 18 heavy (non-hydrogen) atoms. The Kier molecular flexibility index (Phi) is 3.96. The lowest BCUT2D eigenvalue weighted by atomic mass is 9.87. The molecular weight excluding hydrogens is 222 g/mol. The number of nitrogens with one attached hydrogen (secondary N) is 1. The molecule has 0 radical (unpaired) electrons. The Morgan fingerprint density at radius 3 is 2.72 bits per heavy atom. The lowest BCUT2D eigenvalue weighted by Gasteiger charge is -2.31. The van der Waals surface area contributed by atoms with Crippen molar-refractivity contribution in [1.82, 2.24) is 0 Å². The number of ether oxygens (including phenoxy) is 1. The molecule has 1 heterocycles. The first-order valence-electron chi connectivity index (χ1n) is 6.91. The summed E-state index contributed by atoms with van der Waals surface area (Å²) in [6, 6.07) is 9.33. The molecule has 1 aromatic carbocycles. The lowest BCUT2D eigenvalue weighted by molar-refractivity contribution is 0.0538. The molecule has 2 heteroatoms. The van der Waals surface area contributed by atoms with Crippen LogP contribution in [0.3, 0.4) is 0 Å². The van der Waals surface area contributed by atoms with Crippen molar-refractivity contribution in [3.8, 4) is 0 Å². The minimum atomic E-state index is 0.207. The van der Waals surface area contributed by atoms with Crippen molar-refractivity contribution in [2.24, 2.45) is 5.92 Å². The van der Waals surface area contributed by atoms with Crippen molar-refractivity contribution in [2.75, 3.05) is 18.5 Å². The van der Waals surface area contributed by atoms with Gasteiger partial charge in [0.15, 0.2) is 0 Å². The normalized spacial score (nSPS) is 24.9. The van der Waals surface area contributed by atoms with E-state index in [4.69, 9.17) is 4.74 Å². The fraction of sp³-hybridized carbons (Fsp3) is 0.625. The van der Waals surface area contributed by atoms with Crippen molar-refractivity contribution in [1.29, 1.82) is 0 Å². The van der Waals surface area contributed by atoms with E-state index in [0.29, 0.717) is 12.0 Å². The van der Waals surface area contributed by atoms with Gasteiger partial charge in [-0.15, -0.1) is 0 Å². The van der Waals surface area contributed by atoms with Crippen molar-refractivity contribution < 1.29 is 4.74 Å². The van der Waals surface area contributed by atoms with Crippen molar-refractivity contribution >= 4 is 5.69 Å². The Balaban J connectivity index is 2.09. The fourth-order valence-electron chi connectivity index (χ4n) is 2.38. The van der Waals surface area contributed by atoms with Crippen molar-refractivity contribution in [3.63, 3.8) is 0 Å². The van der Waals surface area contributed by atoms with Crippen LogP contribution in [0.25, 0.3) is 0 Å². The van der Waals surface area contributed by atoms with Crippen LogP contribution in [0.5, 0.6) is 0 Å². The molecule has 2 rings (SSSR count). The van der Waals surface area contributed by atoms with Gasteiger partial charge in [0.1, 0.15) is 0 Å². The predicted molar refractivity (Wildman–Crippen MR) is 77.2 cm³/mol. The molecule has 1 aromatic rings. The van der Waals surface area contributed by atoms with Gasteiger partial charge in [0.05, 0.1) is 6.61 Å². The molecule has 100 valence electrons. The average molecular weight is 247 g/mol. The van der Waals surface area contributed by atoms with Gasteiger partial charge in [-0.05, 0) is 35.4 Å². The zero-order chi connectivity index (χ0) is 13.2. The van der Waals surface area contributed by atoms with Gasteiger partial charge < -0.3 is 10.1 Å². The molecule has 0 aromatic heterocycles. The van der Waals surface area contributed by atoms with E-state index in [1.165, 1.54) is 11.3 Å². The second kappa shape index (κ2) is 5.31. The van der Waals surface area contributed by atoms with Gasteiger partial charge in [-0.3, -0.25) is 0 Å². The van der Waals surface area contributed by atoms with Crippen LogP contribution in [0.1, 0.15) is 39.7 Å². The predicted octanol–water partition coefficient (Wildman–Crippen LogP) is 3.82. The quantitative estimate of drug-likeness (QED) is 0.857. The summed E-state index contributed by atoms with van der Waals surface area (Å²) in [6.45, 7) is 10.8. The number of benzene rings is 1. The first-order valence-corrected chi connectivity index (χ1v) is 6.91. The van der Waals surface area contributed by atoms with Crippen LogP contribution in [-0.4, -0.2) is 19.3 Å². The Morgan fingerprint density at radius 1 is 1.28 bits per heavy atom. The number of hydrogen-bond donors (Lipinski definition) is 1. The van der Waals surface area contributed by atoms with Crippen LogP contribution < -0.4 is 5.32 Å². The van der Waals surface area contributed by atoms with E-state index in [1.54, 1.807) is 0 Å². The van der Waals surface area contributed by atoms with Crippen LogP contribution in [0.4, 0.5) is 5.69 Å². The van der Waals surface area contributed by atoms with Gasteiger partial charge in [0, 0.05) is 18.3 Å². The van der Waals surface area contributed by atoms with Crippen molar-refractivity contribution in [3.05, 3.63) is 29.8 Å². The van der Waals surface area contributed by atoms with Gasteiger partial charge in [-0.25, -0.2) is 0 Å². The molecule has 1 saturated heterocycles. The van der Waals surface area contributed by atoms with Crippen LogP contribution in [0.2, 0.25) is 0 Å². The third-order valence-corrected chi connectivity index (χ3v) is 3.72. The molecule has 1 N–H and O–H groups in total. The van der Waals surface area contributed by atoms with E-state index >= 15 is 0 Å². The summed E-state index contributed by atoms with van der Waals surface area (Å²) in [5.74, 6) is 0.581. The smallest absolute Gasteiger partial charge is 0.0511 e. The molecule has 0 aliphatic carbocycles. The van der Waals surface area contributed by atoms with Crippen LogP contribution in [0.15, 0.2) is 24.3 Å². The summed E-state index contributed by atoms with van der Waals surface area (Å²) in [4.78, 5) is 0. The van der Waals surface area contributed by atoms with Crippen molar-refractivity contribution in [2.45, 2.75) is 45.6 Å². The van der Waals surface area contributed by atoms with Gasteiger partial charge in [0.25, 0.3) is 0 Å². The monoisotopic (exact) mass is 247 g/mol. The fourth-order valence-corrected chi connectivity index (χ4v) is 2.38. The molecule has 0 spiro atoms. The van der Waals surface area contributed by atoms with Crippen LogP contribution in [0, 0.1) is 5.92 Å². The molecule has 2 nitrogen and oxygen atoms in total. The summed E-state index contributed by atoms with van der Waals surface area (Å²) in [7, 11) is 0. The number of anilines is 1. The summed E-state index contributed by atoms with van der Waals surface area (Å²) in [6.07, 6.45) is 1.10. The molecule has 1 aliphatic heterocycles. The molecule has 1 fully saturated rings. The van der Waals surface area contributed by atoms with E-state index in [9.17, 15) is 0 Å². The zero-order valence-electron chi connectivity index (χ0n) is 12.0. The molecule has 0 saturated carbocycles. The highest BCUT2D eigenvalue weighted by Crippen LogP contribution is 2.26. The van der Waals surface area contributed by atoms with Crippen LogP contribution in [-0.2, 0) is 10.2 Å². The Bertz CT molecular complexity index is 394. The van der Waals surface area contributed by atoms with Gasteiger partial charge >= 0.3 is 0 Å². The second-order valence-corrected chi connectivity index (χ2v) is 6.42. The van der Waals surface area contributed by atoms with Gasteiger partial charge in [-0.2, -0.15) is 0 Å². The summed E-state index contributed by atoms with van der Waals surface area (Å²) in [5.41, 5.74) is 2.83. The molecule has 0 amide bonds. The first kappa shape index (κ1) is 13.4. The Morgan fingerprint density at radius 2 is 2.06 bits per heavy atom. The highest BCUT2D eigenvalue weighted by molar-refractivity contribution is 5.48. The maximum absolute atomic E-state index is 5.49. The van der Waals surface area contributed by atoms with E-state index in [0.717, 1.165) is 19.6 Å². The minimum absolute atomic E-state index is 0.207. The van der Waals surface area contributed by atoms with E-state index in [2.05, 4.69) is 57.3 Å². The minimum Gasteiger partial charge on any atom is -0.382 e. The molecule has 1 unspecified atom stereocenters. The third kappa shape index (κ3) is 3.26. The van der Waals surface area contributed by atoms with E-state index in [-0.39, 0.29) is 5.41 Å². The summed E-state index contributed by atoms with van der Waals surface area (Å²) < 4.78 is 5.49. The Hall–Kier alpha value is -1.02. The average Bonchev–Trinajstić information content (AvgIpc) is 2.31. The summed E-state index contributed by atoms with van der Waals surface area (Å²) >= 11 is 0. The largest absolute Gasteiger partial charge is 0.382 e. The van der Waals surface area contributed by atoms with Gasteiger partial charge in [0.2, 0.25) is 0 Å². The summed E-state index contributed by atoms with van der Waals surface area (Å²) in [5, 5.41) is 3.66. The zero-order valence-corrected chi connectivity index (χ0v) is 12.0. The maximum Gasteiger partial charge on any atom is 0.0511 e. The molecule has 1 aliphatic rings. The van der Waals surface area contributed by atoms with Crippen LogP contribution >= 0.6 is 0 Å².